The first-order valence-electron chi connectivity index (χ1n) is 7.16. The zero-order chi connectivity index (χ0) is 14.9. The van der Waals surface area contributed by atoms with Crippen LogP contribution in [0.25, 0.3) is 0 Å². The summed E-state index contributed by atoms with van der Waals surface area (Å²) in [4.78, 5) is 0.367. The average molecular weight is 301 g/mol. The lowest BCUT2D eigenvalue weighted by Crippen LogP contribution is -2.15. The molecular weight excluding hydrogens is 282 g/mol. The number of nitrogens with one attached hydrogen (secondary N) is 1. The number of hydrogen-bond donors (Lipinski definition) is 1. The zero-order valence-electron chi connectivity index (χ0n) is 12.0. The van der Waals surface area contributed by atoms with Gasteiger partial charge in [-0.3, -0.25) is 0 Å². The standard InChI is InChI=1S/C17H19NO2S/c1-21(19,20)16-10-6-5-9-15(16)18-17(14-11-12-14)13-7-3-2-4-8-13/h2-10,14,17-18H,11-12H2,1H3. The number of benzene rings is 2. The molecule has 1 fully saturated rings. The fraction of sp³-hybridized carbons (Fsp3) is 0.294. The topological polar surface area (TPSA) is 46.2 Å². The molecule has 0 spiro atoms. The molecule has 0 saturated heterocycles. The molecule has 3 rings (SSSR count). The molecular formula is C17H19NO2S. The highest BCUT2D eigenvalue weighted by Crippen LogP contribution is 2.43. The molecule has 2 aromatic rings. The normalized spacial score (nSPS) is 16.4. The third kappa shape index (κ3) is 3.27. The second-order valence-electron chi connectivity index (χ2n) is 5.64. The molecule has 110 valence electrons. The summed E-state index contributed by atoms with van der Waals surface area (Å²) in [6.45, 7) is 0. The van der Waals surface area contributed by atoms with E-state index in [1.54, 1.807) is 12.1 Å². The largest absolute Gasteiger partial charge is 0.377 e. The Bertz CT molecular complexity index is 721. The maximum absolute atomic E-state index is 11.9. The van der Waals surface area contributed by atoms with E-state index in [0.29, 0.717) is 16.5 Å². The van der Waals surface area contributed by atoms with Gasteiger partial charge in [0, 0.05) is 6.26 Å². The monoisotopic (exact) mass is 301 g/mol. The first-order chi connectivity index (χ1) is 10.1. The number of rotatable bonds is 5. The molecule has 3 nitrogen and oxygen atoms in total. The Morgan fingerprint density at radius 1 is 1.00 bits per heavy atom. The summed E-state index contributed by atoms with van der Waals surface area (Å²) in [6.07, 6.45) is 3.63. The van der Waals surface area contributed by atoms with E-state index in [1.165, 1.54) is 24.7 Å². The molecule has 1 saturated carbocycles. The van der Waals surface area contributed by atoms with Crippen LogP contribution in [0.15, 0.2) is 59.5 Å². The summed E-state index contributed by atoms with van der Waals surface area (Å²) in [6, 6.07) is 17.5. The summed E-state index contributed by atoms with van der Waals surface area (Å²) >= 11 is 0. The van der Waals surface area contributed by atoms with Gasteiger partial charge in [0.25, 0.3) is 0 Å². The lowest BCUT2D eigenvalue weighted by Gasteiger charge is -2.21. The van der Waals surface area contributed by atoms with Crippen LogP contribution >= 0.6 is 0 Å². The molecule has 1 N–H and O–H groups in total. The van der Waals surface area contributed by atoms with Crippen molar-refractivity contribution in [2.75, 3.05) is 11.6 Å². The van der Waals surface area contributed by atoms with Crippen LogP contribution in [-0.4, -0.2) is 14.7 Å². The van der Waals surface area contributed by atoms with Gasteiger partial charge in [0.05, 0.1) is 16.6 Å². The van der Waals surface area contributed by atoms with Crippen molar-refractivity contribution < 1.29 is 8.42 Å². The molecule has 4 heteroatoms. The molecule has 2 aromatic carbocycles. The van der Waals surface area contributed by atoms with Crippen molar-refractivity contribution in [1.29, 1.82) is 0 Å². The van der Waals surface area contributed by atoms with E-state index in [-0.39, 0.29) is 6.04 Å². The Balaban J connectivity index is 1.95. The summed E-state index contributed by atoms with van der Waals surface area (Å²) in [5.74, 6) is 0.583. The Labute approximate surface area is 125 Å². The Morgan fingerprint density at radius 2 is 1.62 bits per heavy atom. The summed E-state index contributed by atoms with van der Waals surface area (Å²) in [5.41, 5.74) is 1.91. The Hall–Kier alpha value is -1.81. The molecule has 1 aliphatic carbocycles. The second kappa shape index (κ2) is 5.53. The van der Waals surface area contributed by atoms with Crippen LogP contribution < -0.4 is 5.32 Å². The van der Waals surface area contributed by atoms with Crippen LogP contribution in [-0.2, 0) is 9.84 Å². The maximum atomic E-state index is 11.9. The van der Waals surface area contributed by atoms with E-state index in [1.807, 2.05) is 30.3 Å². The minimum absolute atomic E-state index is 0.175. The summed E-state index contributed by atoms with van der Waals surface area (Å²) in [7, 11) is -3.23. The van der Waals surface area contributed by atoms with Crippen molar-refractivity contribution in [2.24, 2.45) is 5.92 Å². The Morgan fingerprint density at radius 3 is 2.24 bits per heavy atom. The Kier molecular flexibility index (Phi) is 3.72. The van der Waals surface area contributed by atoms with Crippen molar-refractivity contribution in [3.63, 3.8) is 0 Å². The van der Waals surface area contributed by atoms with Gasteiger partial charge >= 0.3 is 0 Å². The molecule has 1 aliphatic rings. The van der Waals surface area contributed by atoms with E-state index in [4.69, 9.17) is 0 Å². The molecule has 0 amide bonds. The van der Waals surface area contributed by atoms with Gasteiger partial charge in [0.1, 0.15) is 0 Å². The van der Waals surface area contributed by atoms with E-state index in [9.17, 15) is 8.42 Å². The van der Waals surface area contributed by atoms with Gasteiger partial charge in [-0.2, -0.15) is 0 Å². The second-order valence-corrected chi connectivity index (χ2v) is 7.62. The van der Waals surface area contributed by atoms with Gasteiger partial charge < -0.3 is 5.32 Å². The van der Waals surface area contributed by atoms with Gasteiger partial charge in [-0.05, 0) is 36.5 Å². The predicted molar refractivity (Wildman–Crippen MR) is 85.1 cm³/mol. The van der Waals surface area contributed by atoms with Crippen molar-refractivity contribution in [3.8, 4) is 0 Å². The van der Waals surface area contributed by atoms with Gasteiger partial charge in [0.15, 0.2) is 9.84 Å². The molecule has 0 heterocycles. The third-order valence-electron chi connectivity index (χ3n) is 3.85. The van der Waals surface area contributed by atoms with Crippen LogP contribution in [0.5, 0.6) is 0 Å². The zero-order valence-corrected chi connectivity index (χ0v) is 12.8. The third-order valence-corrected chi connectivity index (χ3v) is 5.00. The van der Waals surface area contributed by atoms with E-state index < -0.39 is 9.84 Å². The quantitative estimate of drug-likeness (QED) is 0.917. The highest BCUT2D eigenvalue weighted by Gasteiger charge is 2.32. The molecule has 0 aliphatic heterocycles. The van der Waals surface area contributed by atoms with E-state index >= 15 is 0 Å². The average Bonchev–Trinajstić information content (AvgIpc) is 3.30. The molecule has 0 radical (unpaired) electrons. The number of sulfone groups is 1. The van der Waals surface area contributed by atoms with Gasteiger partial charge in [-0.15, -0.1) is 0 Å². The number of hydrogen-bond acceptors (Lipinski definition) is 3. The van der Waals surface area contributed by atoms with Crippen LogP contribution in [0.3, 0.4) is 0 Å². The smallest absolute Gasteiger partial charge is 0.177 e. The SMILES string of the molecule is CS(=O)(=O)c1ccccc1NC(c1ccccc1)C1CC1. The van der Waals surface area contributed by atoms with Crippen LogP contribution in [0.1, 0.15) is 24.4 Å². The number of anilines is 1. The summed E-state index contributed by atoms with van der Waals surface area (Å²) < 4.78 is 23.8. The van der Waals surface area contributed by atoms with Crippen molar-refractivity contribution in [1.82, 2.24) is 0 Å². The molecule has 0 bridgehead atoms. The highest BCUT2D eigenvalue weighted by molar-refractivity contribution is 7.90. The van der Waals surface area contributed by atoms with Gasteiger partial charge in [-0.1, -0.05) is 42.5 Å². The van der Waals surface area contributed by atoms with Crippen LogP contribution in [0, 0.1) is 5.92 Å². The number of para-hydroxylation sites is 1. The lowest BCUT2D eigenvalue weighted by molar-refractivity contribution is 0.601. The fourth-order valence-electron chi connectivity index (χ4n) is 2.64. The molecule has 1 unspecified atom stereocenters. The van der Waals surface area contributed by atoms with Crippen molar-refractivity contribution in [3.05, 3.63) is 60.2 Å². The first-order valence-corrected chi connectivity index (χ1v) is 9.05. The van der Waals surface area contributed by atoms with Crippen molar-refractivity contribution >= 4 is 15.5 Å². The van der Waals surface area contributed by atoms with Gasteiger partial charge in [-0.25, -0.2) is 8.42 Å². The van der Waals surface area contributed by atoms with E-state index in [0.717, 1.165) is 0 Å². The fourth-order valence-corrected chi connectivity index (χ4v) is 3.49. The van der Waals surface area contributed by atoms with Crippen LogP contribution in [0.2, 0.25) is 0 Å². The highest BCUT2D eigenvalue weighted by atomic mass is 32.2. The summed E-state index contributed by atoms with van der Waals surface area (Å²) in [5, 5.41) is 3.45. The maximum Gasteiger partial charge on any atom is 0.177 e. The predicted octanol–water partition coefficient (Wildman–Crippen LogP) is 3.65. The minimum Gasteiger partial charge on any atom is -0.377 e. The van der Waals surface area contributed by atoms with E-state index in [2.05, 4.69) is 17.4 Å². The van der Waals surface area contributed by atoms with Crippen molar-refractivity contribution in [2.45, 2.75) is 23.8 Å². The molecule has 1 atom stereocenters. The molecule has 0 aromatic heterocycles. The first kappa shape index (κ1) is 14.1. The minimum atomic E-state index is -3.23. The van der Waals surface area contributed by atoms with Crippen LogP contribution in [0.4, 0.5) is 5.69 Å². The lowest BCUT2D eigenvalue weighted by atomic mass is 10.0. The molecule has 21 heavy (non-hydrogen) atoms. The van der Waals surface area contributed by atoms with Gasteiger partial charge in [0.2, 0.25) is 0 Å².